The number of carbonyl (C=O) groups is 1. The molecule has 0 aliphatic carbocycles. The van der Waals surface area contributed by atoms with E-state index in [0.717, 1.165) is 12.1 Å². The van der Waals surface area contributed by atoms with Crippen molar-refractivity contribution in [2.45, 2.75) is 12.6 Å². The first-order valence-corrected chi connectivity index (χ1v) is 8.09. The Balaban J connectivity index is 1.79. The zero-order valence-corrected chi connectivity index (χ0v) is 14.7. The Morgan fingerprint density at radius 3 is 2.08 bits per heavy atom. The monoisotopic (exact) mass is 408 g/mol. The molecule has 9 heteroatoms. The van der Waals surface area contributed by atoms with Gasteiger partial charge >= 0.3 is 6.18 Å². The molecule has 26 heavy (non-hydrogen) atoms. The molecular weight excluding hydrogens is 396 g/mol. The van der Waals surface area contributed by atoms with Crippen molar-refractivity contribution >= 4 is 29.0 Å². The molecule has 1 N–H and O–H groups in total. The van der Waals surface area contributed by atoms with Crippen molar-refractivity contribution in [3.05, 3.63) is 52.0 Å². The van der Waals surface area contributed by atoms with Gasteiger partial charge in [-0.15, -0.1) is 0 Å². The number of Topliss-reactive ketones (excluding diaryl/α,β-unsaturated/α-hetero) is 1. The van der Waals surface area contributed by atoms with Crippen LogP contribution in [0.15, 0.2) is 36.4 Å². The number of rotatable bonds is 7. The van der Waals surface area contributed by atoms with Crippen LogP contribution in [0, 0.1) is 0 Å². The van der Waals surface area contributed by atoms with Gasteiger partial charge in [-0.1, -0.05) is 23.2 Å². The molecule has 0 bridgehead atoms. The molecule has 0 saturated carbocycles. The molecule has 0 spiro atoms. The molecule has 0 fully saturated rings. The first-order valence-electron chi connectivity index (χ1n) is 7.33. The summed E-state index contributed by atoms with van der Waals surface area (Å²) in [6.07, 6.45) is -4.47. The molecule has 0 amide bonds. The van der Waals surface area contributed by atoms with Crippen LogP contribution in [0.1, 0.15) is 16.8 Å². The first-order chi connectivity index (χ1) is 12.2. The number of halogens is 5. The van der Waals surface area contributed by atoms with Gasteiger partial charge in [0.1, 0.15) is 11.5 Å². The second-order valence-electron chi connectivity index (χ2n) is 5.14. The molecular formula is C17H13Cl2F3O4. The SMILES string of the molecule is O=C(c1ccc(OCCCOc2c(Cl)cc(O)cc2Cl)cc1)C(F)(F)F. The molecule has 0 aliphatic rings. The molecule has 0 atom stereocenters. The highest BCUT2D eigenvalue weighted by molar-refractivity contribution is 6.37. The van der Waals surface area contributed by atoms with Gasteiger partial charge in [0.25, 0.3) is 5.78 Å². The molecule has 140 valence electrons. The maximum atomic E-state index is 12.3. The van der Waals surface area contributed by atoms with Gasteiger partial charge in [0.05, 0.1) is 23.3 Å². The van der Waals surface area contributed by atoms with Crippen LogP contribution in [0.4, 0.5) is 13.2 Å². The van der Waals surface area contributed by atoms with Crippen molar-refractivity contribution < 1.29 is 32.5 Å². The fraction of sp³-hybridized carbons (Fsp3) is 0.235. The number of ether oxygens (including phenoxy) is 2. The standard InChI is InChI=1S/C17H13Cl2F3O4/c18-13-8-11(23)9-14(19)15(13)26-7-1-6-25-12-4-2-10(3-5-12)16(24)17(20,21)22/h2-5,8-9,23H,1,6-7H2. The van der Waals surface area contributed by atoms with Crippen LogP contribution in [0.3, 0.4) is 0 Å². The molecule has 4 nitrogen and oxygen atoms in total. The van der Waals surface area contributed by atoms with Crippen molar-refractivity contribution in [1.82, 2.24) is 0 Å². The molecule has 0 saturated heterocycles. The van der Waals surface area contributed by atoms with Crippen LogP contribution in [-0.4, -0.2) is 30.3 Å². The second kappa shape index (κ2) is 8.51. The summed E-state index contributed by atoms with van der Waals surface area (Å²) in [6, 6.07) is 7.27. The van der Waals surface area contributed by atoms with E-state index in [-0.39, 0.29) is 34.8 Å². The number of hydrogen-bond acceptors (Lipinski definition) is 4. The van der Waals surface area contributed by atoms with E-state index in [0.29, 0.717) is 12.2 Å². The zero-order chi connectivity index (χ0) is 19.3. The van der Waals surface area contributed by atoms with Crippen molar-refractivity contribution in [3.8, 4) is 17.2 Å². The quantitative estimate of drug-likeness (QED) is 0.499. The summed E-state index contributed by atoms with van der Waals surface area (Å²) in [5, 5.41) is 9.66. The maximum Gasteiger partial charge on any atom is 0.454 e. The van der Waals surface area contributed by atoms with Crippen molar-refractivity contribution in [1.29, 1.82) is 0 Å². The summed E-state index contributed by atoms with van der Waals surface area (Å²) in [6.45, 7) is 0.439. The number of phenols is 1. The lowest BCUT2D eigenvalue weighted by molar-refractivity contribution is -0.0885. The summed E-state index contributed by atoms with van der Waals surface area (Å²) in [4.78, 5) is 11.1. The Bertz CT molecular complexity index is 754. The highest BCUT2D eigenvalue weighted by Gasteiger charge is 2.39. The Morgan fingerprint density at radius 2 is 1.54 bits per heavy atom. The van der Waals surface area contributed by atoms with E-state index in [2.05, 4.69) is 0 Å². The molecule has 0 aromatic heterocycles. The van der Waals surface area contributed by atoms with E-state index >= 15 is 0 Å². The number of alkyl halides is 3. The second-order valence-corrected chi connectivity index (χ2v) is 5.95. The normalized spacial score (nSPS) is 11.3. The van der Waals surface area contributed by atoms with Gasteiger partial charge in [-0.2, -0.15) is 13.2 Å². The van der Waals surface area contributed by atoms with E-state index in [1.165, 1.54) is 24.3 Å². The third-order valence-corrected chi connectivity index (χ3v) is 3.72. The van der Waals surface area contributed by atoms with Crippen molar-refractivity contribution in [3.63, 3.8) is 0 Å². The lowest BCUT2D eigenvalue weighted by atomic mass is 10.1. The molecule has 2 aromatic carbocycles. The number of benzene rings is 2. The summed E-state index contributed by atoms with van der Waals surface area (Å²) in [5.74, 6) is -1.42. The minimum atomic E-state index is -4.91. The summed E-state index contributed by atoms with van der Waals surface area (Å²) in [5.41, 5.74) is -0.454. The van der Waals surface area contributed by atoms with Crippen LogP contribution in [0.2, 0.25) is 10.0 Å². The van der Waals surface area contributed by atoms with Crippen LogP contribution in [0.5, 0.6) is 17.2 Å². The summed E-state index contributed by atoms with van der Waals surface area (Å²) >= 11 is 11.8. The van der Waals surface area contributed by atoms with Gasteiger partial charge in [0, 0.05) is 24.1 Å². The van der Waals surface area contributed by atoms with E-state index in [1.807, 2.05) is 0 Å². The molecule has 0 unspecified atom stereocenters. The van der Waals surface area contributed by atoms with Gasteiger partial charge in [-0.3, -0.25) is 4.79 Å². The van der Waals surface area contributed by atoms with E-state index in [4.69, 9.17) is 32.7 Å². The number of ketones is 1. The minimum absolute atomic E-state index is 0.0804. The number of aromatic hydroxyl groups is 1. The Kier molecular flexibility index (Phi) is 6.61. The van der Waals surface area contributed by atoms with Crippen LogP contribution in [-0.2, 0) is 0 Å². The summed E-state index contributed by atoms with van der Waals surface area (Å²) < 4.78 is 47.7. The third-order valence-electron chi connectivity index (χ3n) is 3.16. The molecule has 0 radical (unpaired) electrons. The summed E-state index contributed by atoms with van der Waals surface area (Å²) in [7, 11) is 0. The van der Waals surface area contributed by atoms with Gasteiger partial charge in [-0.25, -0.2) is 0 Å². The number of carbonyl (C=O) groups excluding carboxylic acids is 1. The molecule has 2 aromatic rings. The van der Waals surface area contributed by atoms with Crippen LogP contribution >= 0.6 is 23.2 Å². The highest BCUT2D eigenvalue weighted by Crippen LogP contribution is 2.36. The third kappa shape index (κ3) is 5.44. The van der Waals surface area contributed by atoms with Crippen molar-refractivity contribution in [2.24, 2.45) is 0 Å². The van der Waals surface area contributed by atoms with E-state index < -0.39 is 17.5 Å². The number of hydrogen-bond donors (Lipinski definition) is 1. The lowest BCUT2D eigenvalue weighted by Crippen LogP contribution is -2.22. The fourth-order valence-corrected chi connectivity index (χ4v) is 2.56. The fourth-order valence-electron chi connectivity index (χ4n) is 1.97. The maximum absolute atomic E-state index is 12.3. The van der Waals surface area contributed by atoms with Crippen molar-refractivity contribution in [2.75, 3.05) is 13.2 Å². The Hall–Kier alpha value is -2.12. The van der Waals surface area contributed by atoms with E-state index in [1.54, 1.807) is 0 Å². The van der Waals surface area contributed by atoms with Crippen LogP contribution in [0.25, 0.3) is 0 Å². The first kappa shape index (κ1) is 20.2. The molecule has 2 rings (SSSR count). The van der Waals surface area contributed by atoms with Crippen LogP contribution < -0.4 is 9.47 Å². The van der Waals surface area contributed by atoms with Gasteiger partial charge in [-0.05, 0) is 24.3 Å². The Labute approximate surface area is 157 Å². The average molecular weight is 409 g/mol. The smallest absolute Gasteiger partial charge is 0.454 e. The largest absolute Gasteiger partial charge is 0.508 e. The van der Waals surface area contributed by atoms with Gasteiger partial charge < -0.3 is 14.6 Å². The lowest BCUT2D eigenvalue weighted by Gasteiger charge is -2.11. The van der Waals surface area contributed by atoms with Gasteiger partial charge in [0.2, 0.25) is 0 Å². The predicted octanol–water partition coefficient (Wildman–Crippen LogP) is 5.29. The molecule has 0 heterocycles. The zero-order valence-electron chi connectivity index (χ0n) is 13.1. The topological polar surface area (TPSA) is 55.8 Å². The number of phenolic OH excluding ortho intramolecular Hbond substituents is 1. The van der Waals surface area contributed by atoms with Gasteiger partial charge in [0.15, 0.2) is 5.75 Å². The highest BCUT2D eigenvalue weighted by atomic mass is 35.5. The minimum Gasteiger partial charge on any atom is -0.508 e. The molecule has 0 aliphatic heterocycles. The predicted molar refractivity (Wildman–Crippen MR) is 90.6 cm³/mol. The average Bonchev–Trinajstić information content (AvgIpc) is 2.55. The van der Waals surface area contributed by atoms with E-state index in [9.17, 15) is 23.1 Å². The Morgan fingerprint density at radius 1 is 1.00 bits per heavy atom.